The smallest absolute Gasteiger partial charge is 0.178 e. The second kappa shape index (κ2) is 6.09. The summed E-state index contributed by atoms with van der Waals surface area (Å²) in [6.07, 6.45) is 5.05. The van der Waals surface area contributed by atoms with Crippen LogP contribution in [0.2, 0.25) is 0 Å². The lowest BCUT2D eigenvalue weighted by molar-refractivity contribution is 0.833. The molecule has 0 unspecified atom stereocenters. The number of pyridine rings is 1. The van der Waals surface area contributed by atoms with Crippen LogP contribution in [-0.4, -0.2) is 15.0 Å². The van der Waals surface area contributed by atoms with Gasteiger partial charge in [-0.2, -0.15) is 0 Å². The summed E-state index contributed by atoms with van der Waals surface area (Å²) in [5.41, 5.74) is 6.57. The number of hydrogen-bond donors (Lipinski definition) is 0. The van der Waals surface area contributed by atoms with Crippen molar-refractivity contribution in [2.45, 2.75) is 25.1 Å². The molecule has 0 amide bonds. The van der Waals surface area contributed by atoms with Crippen LogP contribution < -0.4 is 0 Å². The monoisotopic (exact) mass is 321 g/mol. The zero-order chi connectivity index (χ0) is 15.6. The summed E-state index contributed by atoms with van der Waals surface area (Å²) >= 11 is 5.88. The van der Waals surface area contributed by atoms with E-state index in [2.05, 4.69) is 40.3 Å². The lowest BCUT2D eigenvalue weighted by atomic mass is 10.0. The summed E-state index contributed by atoms with van der Waals surface area (Å²) in [7, 11) is 0. The second-order valence-electron chi connectivity index (χ2n) is 5.72. The first-order valence-electron chi connectivity index (χ1n) is 7.81. The van der Waals surface area contributed by atoms with Crippen molar-refractivity contribution in [3.63, 3.8) is 0 Å². The van der Waals surface area contributed by atoms with E-state index in [-0.39, 0.29) is 0 Å². The van der Waals surface area contributed by atoms with Gasteiger partial charge in [-0.25, -0.2) is 15.0 Å². The van der Waals surface area contributed by atoms with E-state index in [0.29, 0.717) is 11.7 Å². The Bertz CT molecular complexity index is 861. The Kier molecular flexibility index (Phi) is 3.80. The van der Waals surface area contributed by atoms with Crippen molar-refractivity contribution in [3.8, 4) is 22.8 Å². The van der Waals surface area contributed by atoms with Crippen molar-refractivity contribution in [3.05, 3.63) is 65.5 Å². The zero-order valence-electron chi connectivity index (χ0n) is 12.7. The maximum atomic E-state index is 5.88. The molecule has 1 aromatic carbocycles. The minimum Gasteiger partial charge on any atom is -0.244 e. The van der Waals surface area contributed by atoms with Crippen molar-refractivity contribution < 1.29 is 0 Å². The van der Waals surface area contributed by atoms with E-state index in [0.717, 1.165) is 36.3 Å². The van der Waals surface area contributed by atoms with Crippen LogP contribution in [0.4, 0.5) is 0 Å². The fourth-order valence-corrected chi connectivity index (χ4v) is 3.23. The Hall–Kier alpha value is -2.26. The van der Waals surface area contributed by atoms with Crippen molar-refractivity contribution >= 4 is 11.6 Å². The van der Waals surface area contributed by atoms with Gasteiger partial charge in [-0.15, -0.1) is 11.6 Å². The second-order valence-corrected chi connectivity index (χ2v) is 5.99. The highest BCUT2D eigenvalue weighted by molar-refractivity contribution is 6.16. The molecule has 0 saturated heterocycles. The van der Waals surface area contributed by atoms with Crippen LogP contribution in [0.15, 0.2) is 48.7 Å². The Balaban J connectivity index is 1.87. The predicted molar refractivity (Wildman–Crippen MR) is 92.3 cm³/mol. The molecule has 0 bridgehead atoms. The Morgan fingerprint density at radius 1 is 0.913 bits per heavy atom. The van der Waals surface area contributed by atoms with Gasteiger partial charge in [0.25, 0.3) is 0 Å². The number of rotatable bonds is 2. The summed E-state index contributed by atoms with van der Waals surface area (Å²) < 4.78 is 0. The van der Waals surface area contributed by atoms with E-state index >= 15 is 0 Å². The van der Waals surface area contributed by atoms with E-state index in [4.69, 9.17) is 16.6 Å². The van der Waals surface area contributed by atoms with E-state index in [9.17, 15) is 0 Å². The van der Waals surface area contributed by atoms with Gasteiger partial charge in [0, 0.05) is 11.8 Å². The number of benzene rings is 1. The summed E-state index contributed by atoms with van der Waals surface area (Å²) in [6.45, 7) is 0. The molecule has 0 saturated carbocycles. The van der Waals surface area contributed by atoms with E-state index in [1.54, 1.807) is 6.20 Å². The molecule has 0 radical (unpaired) electrons. The molecule has 3 nitrogen and oxygen atoms in total. The fraction of sp³-hybridized carbons (Fsp3) is 0.211. The first kappa shape index (κ1) is 14.3. The molecule has 23 heavy (non-hydrogen) atoms. The number of hydrogen-bond acceptors (Lipinski definition) is 3. The maximum absolute atomic E-state index is 5.88. The summed E-state index contributed by atoms with van der Waals surface area (Å²) in [6, 6.07) is 14.5. The summed E-state index contributed by atoms with van der Waals surface area (Å²) in [5.74, 6) is 1.01. The lowest BCUT2D eigenvalue weighted by Crippen LogP contribution is -1.98. The van der Waals surface area contributed by atoms with Gasteiger partial charge in [0.2, 0.25) is 0 Å². The van der Waals surface area contributed by atoms with Gasteiger partial charge in [0.1, 0.15) is 5.69 Å². The van der Waals surface area contributed by atoms with Gasteiger partial charge in [0.15, 0.2) is 5.82 Å². The largest absolute Gasteiger partial charge is 0.244 e. The third kappa shape index (κ3) is 2.73. The Morgan fingerprint density at radius 3 is 2.70 bits per heavy atom. The topological polar surface area (TPSA) is 38.7 Å². The van der Waals surface area contributed by atoms with Gasteiger partial charge in [-0.05, 0) is 42.5 Å². The number of alkyl halides is 1. The Morgan fingerprint density at radius 2 is 1.78 bits per heavy atom. The van der Waals surface area contributed by atoms with Crippen molar-refractivity contribution in [2.24, 2.45) is 0 Å². The molecule has 0 spiro atoms. The highest BCUT2D eigenvalue weighted by Gasteiger charge is 2.17. The van der Waals surface area contributed by atoms with Crippen LogP contribution in [0.1, 0.15) is 23.2 Å². The van der Waals surface area contributed by atoms with Crippen molar-refractivity contribution in [2.75, 3.05) is 0 Å². The molecule has 3 aromatic rings. The number of aromatic nitrogens is 3. The standard InChI is InChI=1S/C19H16ClN3/c20-12-15-10-11-21-19(22-15)17-9-8-14-6-3-5-13-4-1-2-7-16(13)18(14)23-17/h1-2,4,7-11H,3,5-6,12H2. The number of nitrogens with zero attached hydrogens (tertiary/aromatic N) is 3. The minimum absolute atomic E-state index is 0.378. The first-order valence-corrected chi connectivity index (χ1v) is 8.35. The molecule has 4 rings (SSSR count). The van der Waals surface area contributed by atoms with Crippen LogP contribution in [0.5, 0.6) is 0 Å². The van der Waals surface area contributed by atoms with Gasteiger partial charge in [-0.1, -0.05) is 30.3 Å². The summed E-state index contributed by atoms with van der Waals surface area (Å²) in [5, 5.41) is 0. The van der Waals surface area contributed by atoms with Crippen LogP contribution in [0.25, 0.3) is 22.8 Å². The summed E-state index contributed by atoms with van der Waals surface area (Å²) in [4.78, 5) is 13.7. The normalized spacial score (nSPS) is 13.1. The number of aryl methyl sites for hydroxylation is 2. The van der Waals surface area contributed by atoms with Crippen LogP contribution in [-0.2, 0) is 18.7 Å². The van der Waals surface area contributed by atoms with Gasteiger partial charge < -0.3 is 0 Å². The molecule has 0 aliphatic heterocycles. The minimum atomic E-state index is 0.378. The molecule has 0 atom stereocenters. The van der Waals surface area contributed by atoms with Gasteiger partial charge in [0.05, 0.1) is 17.3 Å². The van der Waals surface area contributed by atoms with E-state index < -0.39 is 0 Å². The molecular formula is C19H16ClN3. The average Bonchev–Trinajstić information content (AvgIpc) is 2.80. The van der Waals surface area contributed by atoms with Gasteiger partial charge in [-0.3, -0.25) is 0 Å². The molecule has 114 valence electrons. The lowest BCUT2D eigenvalue weighted by Gasteiger charge is -2.10. The molecule has 1 aliphatic rings. The highest BCUT2D eigenvalue weighted by atomic mass is 35.5. The van der Waals surface area contributed by atoms with Crippen LogP contribution in [0, 0.1) is 0 Å². The highest BCUT2D eigenvalue weighted by Crippen LogP contribution is 2.32. The molecule has 2 heterocycles. The average molecular weight is 322 g/mol. The molecule has 4 heteroatoms. The maximum Gasteiger partial charge on any atom is 0.178 e. The number of halogens is 1. The molecule has 1 aliphatic carbocycles. The van der Waals surface area contributed by atoms with Crippen molar-refractivity contribution in [1.82, 2.24) is 15.0 Å². The third-order valence-corrected chi connectivity index (χ3v) is 4.50. The van der Waals surface area contributed by atoms with Crippen molar-refractivity contribution in [1.29, 1.82) is 0 Å². The van der Waals surface area contributed by atoms with Crippen LogP contribution in [0.3, 0.4) is 0 Å². The predicted octanol–water partition coefficient (Wildman–Crippen LogP) is 4.43. The SMILES string of the molecule is ClCc1ccnc(-c2ccc3c(n2)-c2ccccc2CCC3)n1. The third-order valence-electron chi connectivity index (χ3n) is 4.22. The quantitative estimate of drug-likeness (QED) is 0.655. The molecule has 0 fully saturated rings. The molecule has 0 N–H and O–H groups in total. The van der Waals surface area contributed by atoms with Gasteiger partial charge >= 0.3 is 0 Å². The fourth-order valence-electron chi connectivity index (χ4n) is 3.08. The molecule has 2 aromatic heterocycles. The number of fused-ring (bicyclic) bond motifs is 3. The van der Waals surface area contributed by atoms with E-state index in [1.165, 1.54) is 16.7 Å². The first-order chi connectivity index (χ1) is 11.3. The zero-order valence-corrected chi connectivity index (χ0v) is 13.4. The molecular weight excluding hydrogens is 306 g/mol. The Labute approximate surface area is 140 Å². The van der Waals surface area contributed by atoms with E-state index in [1.807, 2.05) is 12.1 Å². The van der Waals surface area contributed by atoms with Crippen LogP contribution >= 0.6 is 11.6 Å².